The molecule has 1 atom stereocenters. The summed E-state index contributed by atoms with van der Waals surface area (Å²) >= 11 is 0. The number of hydrogen-bond donors (Lipinski definition) is 2. The maximum atomic E-state index is 11.4. The number of hydrogen-bond acceptors (Lipinski definition) is 2. The molecule has 2 amide bonds. The standard InChI is InChI=1S/C9H18N2O3/c1-6(2)11(4)9(14)10-7(3)5-8(12)13/h6-7H,5H2,1-4H3,(H,10,14)(H,12,13). The average Bonchev–Trinajstić information content (AvgIpc) is 2.00. The highest BCUT2D eigenvalue weighted by Gasteiger charge is 2.15. The van der Waals surface area contributed by atoms with E-state index >= 15 is 0 Å². The van der Waals surface area contributed by atoms with Gasteiger partial charge in [0.05, 0.1) is 6.42 Å². The van der Waals surface area contributed by atoms with E-state index in [1.807, 2.05) is 13.8 Å². The van der Waals surface area contributed by atoms with Gasteiger partial charge >= 0.3 is 12.0 Å². The van der Waals surface area contributed by atoms with Crippen LogP contribution in [0.2, 0.25) is 0 Å². The van der Waals surface area contributed by atoms with E-state index in [4.69, 9.17) is 5.11 Å². The van der Waals surface area contributed by atoms with Gasteiger partial charge in [-0.05, 0) is 20.8 Å². The van der Waals surface area contributed by atoms with Crippen molar-refractivity contribution in [1.29, 1.82) is 0 Å². The van der Waals surface area contributed by atoms with Crippen molar-refractivity contribution >= 4 is 12.0 Å². The minimum Gasteiger partial charge on any atom is -0.481 e. The molecule has 5 nitrogen and oxygen atoms in total. The second-order valence-corrected chi connectivity index (χ2v) is 3.65. The van der Waals surface area contributed by atoms with E-state index in [1.54, 1.807) is 14.0 Å². The number of amides is 2. The summed E-state index contributed by atoms with van der Waals surface area (Å²) in [5.74, 6) is -0.912. The van der Waals surface area contributed by atoms with Crippen molar-refractivity contribution in [3.8, 4) is 0 Å². The van der Waals surface area contributed by atoms with Crippen LogP contribution in [0.1, 0.15) is 27.2 Å². The largest absolute Gasteiger partial charge is 0.481 e. The van der Waals surface area contributed by atoms with Crippen molar-refractivity contribution in [1.82, 2.24) is 10.2 Å². The highest BCUT2D eigenvalue weighted by molar-refractivity contribution is 5.75. The van der Waals surface area contributed by atoms with Crippen molar-refractivity contribution in [2.45, 2.75) is 39.3 Å². The Morgan fingerprint density at radius 2 is 1.86 bits per heavy atom. The smallest absolute Gasteiger partial charge is 0.317 e. The van der Waals surface area contributed by atoms with Gasteiger partial charge in [0, 0.05) is 19.1 Å². The van der Waals surface area contributed by atoms with E-state index in [2.05, 4.69) is 5.32 Å². The van der Waals surface area contributed by atoms with Gasteiger partial charge in [0.15, 0.2) is 0 Å². The maximum Gasteiger partial charge on any atom is 0.317 e. The van der Waals surface area contributed by atoms with E-state index in [-0.39, 0.29) is 24.5 Å². The van der Waals surface area contributed by atoms with Crippen LogP contribution in [-0.2, 0) is 4.79 Å². The lowest BCUT2D eigenvalue weighted by Crippen LogP contribution is -2.45. The van der Waals surface area contributed by atoms with Gasteiger partial charge in [0.2, 0.25) is 0 Å². The summed E-state index contributed by atoms with van der Waals surface area (Å²) in [4.78, 5) is 23.3. The first-order chi connectivity index (χ1) is 6.34. The Balaban J connectivity index is 3.99. The molecule has 0 spiro atoms. The molecule has 14 heavy (non-hydrogen) atoms. The fraction of sp³-hybridized carbons (Fsp3) is 0.778. The van der Waals surface area contributed by atoms with Gasteiger partial charge in [-0.2, -0.15) is 0 Å². The molecule has 82 valence electrons. The van der Waals surface area contributed by atoms with Crippen LogP contribution in [0, 0.1) is 0 Å². The quantitative estimate of drug-likeness (QED) is 0.711. The van der Waals surface area contributed by atoms with Crippen LogP contribution in [0.4, 0.5) is 4.79 Å². The molecule has 0 radical (unpaired) electrons. The van der Waals surface area contributed by atoms with E-state index in [9.17, 15) is 9.59 Å². The summed E-state index contributed by atoms with van der Waals surface area (Å²) < 4.78 is 0. The molecule has 0 heterocycles. The minimum absolute atomic E-state index is 0.0579. The Hall–Kier alpha value is -1.26. The van der Waals surface area contributed by atoms with Crippen LogP contribution >= 0.6 is 0 Å². The number of nitrogens with zero attached hydrogens (tertiary/aromatic N) is 1. The molecule has 0 aliphatic rings. The van der Waals surface area contributed by atoms with E-state index in [0.29, 0.717) is 0 Å². The zero-order valence-corrected chi connectivity index (χ0v) is 9.07. The highest BCUT2D eigenvalue weighted by atomic mass is 16.4. The highest BCUT2D eigenvalue weighted by Crippen LogP contribution is 1.97. The predicted molar refractivity (Wildman–Crippen MR) is 53.1 cm³/mol. The number of rotatable bonds is 4. The maximum absolute atomic E-state index is 11.4. The molecule has 0 aromatic heterocycles. The van der Waals surface area contributed by atoms with Crippen LogP contribution < -0.4 is 5.32 Å². The first-order valence-electron chi connectivity index (χ1n) is 4.59. The Morgan fingerprint density at radius 3 is 2.21 bits per heavy atom. The molecular formula is C9H18N2O3. The second kappa shape index (κ2) is 5.47. The van der Waals surface area contributed by atoms with Crippen molar-refractivity contribution in [3.63, 3.8) is 0 Å². The SMILES string of the molecule is CC(CC(=O)O)NC(=O)N(C)C(C)C. The van der Waals surface area contributed by atoms with Crippen LogP contribution in [0.5, 0.6) is 0 Å². The number of carbonyl (C=O) groups excluding carboxylic acids is 1. The fourth-order valence-electron chi connectivity index (χ4n) is 0.860. The summed E-state index contributed by atoms with van der Waals surface area (Å²) in [5.41, 5.74) is 0. The molecular weight excluding hydrogens is 184 g/mol. The number of carboxylic acid groups (broad SMARTS) is 1. The summed E-state index contributed by atoms with van der Waals surface area (Å²) in [7, 11) is 1.67. The molecule has 5 heteroatoms. The van der Waals surface area contributed by atoms with Gasteiger partial charge in [0.1, 0.15) is 0 Å². The van der Waals surface area contributed by atoms with E-state index in [0.717, 1.165) is 0 Å². The monoisotopic (exact) mass is 202 g/mol. The lowest BCUT2D eigenvalue weighted by molar-refractivity contribution is -0.137. The van der Waals surface area contributed by atoms with Gasteiger partial charge in [-0.15, -0.1) is 0 Å². The molecule has 0 fully saturated rings. The van der Waals surface area contributed by atoms with Crippen molar-refractivity contribution in [2.24, 2.45) is 0 Å². The van der Waals surface area contributed by atoms with Crippen molar-refractivity contribution < 1.29 is 14.7 Å². The predicted octanol–water partition coefficient (Wildman–Crippen LogP) is 0.899. The molecule has 0 aliphatic carbocycles. The minimum atomic E-state index is -0.912. The first-order valence-corrected chi connectivity index (χ1v) is 4.59. The van der Waals surface area contributed by atoms with Gasteiger partial charge in [-0.3, -0.25) is 4.79 Å². The van der Waals surface area contributed by atoms with Crippen LogP contribution in [0.15, 0.2) is 0 Å². The zero-order chi connectivity index (χ0) is 11.3. The lowest BCUT2D eigenvalue weighted by Gasteiger charge is -2.23. The van der Waals surface area contributed by atoms with Crippen LogP contribution in [-0.4, -0.2) is 41.1 Å². The number of nitrogens with one attached hydrogen (secondary N) is 1. The molecule has 1 unspecified atom stereocenters. The first kappa shape index (κ1) is 12.7. The number of urea groups is 1. The Kier molecular flexibility index (Phi) is 4.97. The second-order valence-electron chi connectivity index (χ2n) is 3.65. The number of carbonyl (C=O) groups is 2. The summed E-state index contributed by atoms with van der Waals surface area (Å²) in [5, 5.41) is 11.1. The lowest BCUT2D eigenvalue weighted by atomic mass is 10.2. The summed E-state index contributed by atoms with van der Waals surface area (Å²) in [6, 6.07) is -0.484. The topological polar surface area (TPSA) is 69.6 Å². The third-order valence-electron chi connectivity index (χ3n) is 1.95. The number of aliphatic carboxylic acids is 1. The number of carboxylic acids is 1. The van der Waals surface area contributed by atoms with Gasteiger partial charge in [-0.1, -0.05) is 0 Å². The third kappa shape index (κ3) is 4.69. The van der Waals surface area contributed by atoms with Gasteiger partial charge in [-0.25, -0.2) is 4.79 Å². The molecule has 2 N–H and O–H groups in total. The fourth-order valence-corrected chi connectivity index (χ4v) is 0.860. The molecule has 0 aromatic carbocycles. The normalized spacial score (nSPS) is 12.4. The van der Waals surface area contributed by atoms with Gasteiger partial charge in [0.25, 0.3) is 0 Å². The van der Waals surface area contributed by atoms with E-state index < -0.39 is 5.97 Å². The van der Waals surface area contributed by atoms with E-state index in [1.165, 1.54) is 4.90 Å². The molecule has 0 aliphatic heterocycles. The Bertz CT molecular complexity index is 216. The molecule has 0 saturated carbocycles. The molecule has 0 rings (SSSR count). The summed E-state index contributed by atoms with van der Waals surface area (Å²) in [6.45, 7) is 5.45. The molecule has 0 bridgehead atoms. The van der Waals surface area contributed by atoms with Crippen LogP contribution in [0.3, 0.4) is 0 Å². The Labute approximate surface area is 84.1 Å². The molecule has 0 aromatic rings. The van der Waals surface area contributed by atoms with Crippen molar-refractivity contribution in [2.75, 3.05) is 7.05 Å². The average molecular weight is 202 g/mol. The van der Waals surface area contributed by atoms with Crippen molar-refractivity contribution in [3.05, 3.63) is 0 Å². The third-order valence-corrected chi connectivity index (χ3v) is 1.95. The van der Waals surface area contributed by atoms with Gasteiger partial charge < -0.3 is 15.3 Å². The zero-order valence-electron chi connectivity index (χ0n) is 9.07. The Morgan fingerprint density at radius 1 is 1.36 bits per heavy atom. The summed E-state index contributed by atoms with van der Waals surface area (Å²) in [6.07, 6.45) is -0.0579. The molecule has 0 saturated heterocycles. The van der Waals surface area contributed by atoms with Crippen LogP contribution in [0.25, 0.3) is 0 Å².